The van der Waals surface area contributed by atoms with Crippen molar-refractivity contribution in [3.05, 3.63) is 18.2 Å². The number of likely N-dealkylation sites (tertiary alicyclic amines) is 1. The molecule has 0 radical (unpaired) electrons. The summed E-state index contributed by atoms with van der Waals surface area (Å²) in [7, 11) is 4.23. The molecular weight excluding hydrogens is 302 g/mol. The van der Waals surface area contributed by atoms with Crippen molar-refractivity contribution >= 4 is 5.91 Å². The van der Waals surface area contributed by atoms with Crippen LogP contribution in [-0.2, 0) is 18.4 Å². The average Bonchev–Trinajstić information content (AvgIpc) is 2.99. The maximum absolute atomic E-state index is 12.5. The third kappa shape index (κ3) is 4.36. The minimum atomic E-state index is 0.339. The second kappa shape index (κ2) is 8.12. The highest BCUT2D eigenvalue weighted by molar-refractivity contribution is 5.76. The van der Waals surface area contributed by atoms with Gasteiger partial charge in [0, 0.05) is 58.1 Å². The number of imidazole rings is 1. The summed E-state index contributed by atoms with van der Waals surface area (Å²) < 4.78 is 2.07. The van der Waals surface area contributed by atoms with Gasteiger partial charge < -0.3 is 14.4 Å². The van der Waals surface area contributed by atoms with Crippen molar-refractivity contribution in [1.82, 2.24) is 24.3 Å². The first kappa shape index (κ1) is 17.4. The van der Waals surface area contributed by atoms with E-state index in [1.54, 1.807) is 0 Å². The van der Waals surface area contributed by atoms with Gasteiger partial charge in [-0.05, 0) is 32.9 Å². The van der Waals surface area contributed by atoms with Crippen LogP contribution in [0.1, 0.15) is 37.9 Å². The Morgan fingerprint density at radius 1 is 1.17 bits per heavy atom. The highest BCUT2D eigenvalue weighted by Gasteiger charge is 2.24. The maximum Gasteiger partial charge on any atom is 0.222 e. The standard InChI is InChI=1S/C18H31N5O/c1-20-9-4-3-5-16(20)6-7-18(24)23-13-11-22(12-14-23)15-17-19-8-10-21(17)2/h8,10,16H,3-7,9,11-15H2,1-2H3/t16-/m1/s1. The fourth-order valence-electron chi connectivity index (χ4n) is 3.86. The third-order valence-corrected chi connectivity index (χ3v) is 5.62. The van der Waals surface area contributed by atoms with E-state index in [0.29, 0.717) is 18.4 Å². The van der Waals surface area contributed by atoms with Crippen LogP contribution in [-0.4, -0.2) is 76.0 Å². The van der Waals surface area contributed by atoms with Crippen molar-refractivity contribution in [3.63, 3.8) is 0 Å². The molecule has 0 spiro atoms. The number of hydrogen-bond donors (Lipinski definition) is 0. The monoisotopic (exact) mass is 333 g/mol. The van der Waals surface area contributed by atoms with Crippen LogP contribution in [0.5, 0.6) is 0 Å². The number of hydrogen-bond acceptors (Lipinski definition) is 4. The van der Waals surface area contributed by atoms with Crippen molar-refractivity contribution < 1.29 is 4.79 Å². The molecule has 1 aromatic heterocycles. The molecule has 6 heteroatoms. The van der Waals surface area contributed by atoms with E-state index >= 15 is 0 Å². The summed E-state index contributed by atoms with van der Waals surface area (Å²) in [5.74, 6) is 1.43. The Labute approximate surface area is 145 Å². The van der Waals surface area contributed by atoms with Crippen molar-refractivity contribution in [3.8, 4) is 0 Å². The summed E-state index contributed by atoms with van der Waals surface area (Å²) in [4.78, 5) is 23.8. The molecule has 2 aliphatic rings. The lowest BCUT2D eigenvalue weighted by Gasteiger charge is -2.36. The van der Waals surface area contributed by atoms with E-state index in [1.807, 2.05) is 19.4 Å². The zero-order chi connectivity index (χ0) is 16.9. The summed E-state index contributed by atoms with van der Waals surface area (Å²) in [6.07, 6.45) is 9.42. The topological polar surface area (TPSA) is 44.6 Å². The van der Waals surface area contributed by atoms with Crippen LogP contribution in [0.15, 0.2) is 12.4 Å². The summed E-state index contributed by atoms with van der Waals surface area (Å²) in [5.41, 5.74) is 0. The highest BCUT2D eigenvalue weighted by atomic mass is 16.2. The van der Waals surface area contributed by atoms with E-state index in [-0.39, 0.29) is 0 Å². The Morgan fingerprint density at radius 3 is 2.62 bits per heavy atom. The first-order valence-corrected chi connectivity index (χ1v) is 9.30. The van der Waals surface area contributed by atoms with Crippen molar-refractivity contribution in [2.75, 3.05) is 39.8 Å². The summed E-state index contributed by atoms with van der Waals surface area (Å²) >= 11 is 0. The molecule has 3 rings (SSSR count). The summed E-state index contributed by atoms with van der Waals surface area (Å²) in [5, 5.41) is 0. The molecule has 0 aliphatic carbocycles. The van der Waals surface area contributed by atoms with Crippen LogP contribution in [0.4, 0.5) is 0 Å². The Hall–Kier alpha value is -1.40. The number of piperazine rings is 1. The van der Waals surface area contributed by atoms with Gasteiger partial charge in [0.15, 0.2) is 0 Å². The van der Waals surface area contributed by atoms with Crippen molar-refractivity contribution in [2.24, 2.45) is 7.05 Å². The van der Waals surface area contributed by atoms with Gasteiger partial charge in [0.1, 0.15) is 5.82 Å². The summed E-state index contributed by atoms with van der Waals surface area (Å²) in [6, 6.07) is 0.604. The Kier molecular flexibility index (Phi) is 5.89. The van der Waals surface area contributed by atoms with Crippen LogP contribution in [0, 0.1) is 0 Å². The zero-order valence-electron chi connectivity index (χ0n) is 15.2. The first-order chi connectivity index (χ1) is 11.6. The molecular formula is C18H31N5O. The van der Waals surface area contributed by atoms with E-state index in [1.165, 1.54) is 25.8 Å². The van der Waals surface area contributed by atoms with Gasteiger partial charge in [-0.25, -0.2) is 4.98 Å². The largest absolute Gasteiger partial charge is 0.340 e. The molecule has 0 N–H and O–H groups in total. The van der Waals surface area contributed by atoms with E-state index in [4.69, 9.17) is 0 Å². The third-order valence-electron chi connectivity index (χ3n) is 5.62. The molecule has 6 nitrogen and oxygen atoms in total. The van der Waals surface area contributed by atoms with E-state index in [0.717, 1.165) is 45.0 Å². The summed E-state index contributed by atoms with van der Waals surface area (Å²) in [6.45, 7) is 5.65. The van der Waals surface area contributed by atoms with E-state index in [9.17, 15) is 4.79 Å². The quantitative estimate of drug-likeness (QED) is 0.815. The van der Waals surface area contributed by atoms with Crippen LogP contribution in [0.3, 0.4) is 0 Å². The first-order valence-electron chi connectivity index (χ1n) is 9.30. The smallest absolute Gasteiger partial charge is 0.222 e. The molecule has 134 valence electrons. The molecule has 0 aromatic carbocycles. The van der Waals surface area contributed by atoms with Crippen molar-refractivity contribution in [1.29, 1.82) is 0 Å². The Morgan fingerprint density at radius 2 is 1.96 bits per heavy atom. The lowest BCUT2D eigenvalue weighted by molar-refractivity contribution is -0.133. The fraction of sp³-hybridized carbons (Fsp3) is 0.778. The van der Waals surface area contributed by atoms with Gasteiger partial charge >= 0.3 is 0 Å². The number of rotatable bonds is 5. The second-order valence-corrected chi connectivity index (χ2v) is 7.28. The number of carbonyl (C=O) groups excluding carboxylic acids is 1. The molecule has 0 unspecified atom stereocenters. The van der Waals surface area contributed by atoms with Crippen LogP contribution in [0.25, 0.3) is 0 Å². The molecule has 1 aromatic rings. The number of amides is 1. The molecule has 24 heavy (non-hydrogen) atoms. The minimum Gasteiger partial charge on any atom is -0.340 e. The zero-order valence-corrected chi connectivity index (χ0v) is 15.2. The molecule has 1 amide bonds. The number of aromatic nitrogens is 2. The van der Waals surface area contributed by atoms with Crippen LogP contribution >= 0.6 is 0 Å². The predicted molar refractivity (Wildman–Crippen MR) is 94.6 cm³/mol. The maximum atomic E-state index is 12.5. The Balaban J connectivity index is 1.39. The SMILES string of the molecule is CN1CCCC[C@@H]1CCC(=O)N1CCN(Cc2nccn2C)CC1. The molecule has 0 saturated carbocycles. The number of piperidine rings is 1. The van der Waals surface area contributed by atoms with Gasteiger partial charge in [-0.2, -0.15) is 0 Å². The fourth-order valence-corrected chi connectivity index (χ4v) is 3.86. The normalized spacial score (nSPS) is 23.6. The highest BCUT2D eigenvalue weighted by Crippen LogP contribution is 2.19. The van der Waals surface area contributed by atoms with E-state index < -0.39 is 0 Å². The minimum absolute atomic E-state index is 0.339. The molecule has 2 saturated heterocycles. The van der Waals surface area contributed by atoms with Gasteiger partial charge in [0.05, 0.1) is 6.54 Å². The molecule has 2 fully saturated rings. The van der Waals surface area contributed by atoms with Gasteiger partial charge in [0.25, 0.3) is 0 Å². The average molecular weight is 333 g/mol. The van der Waals surface area contributed by atoms with Gasteiger partial charge in [-0.3, -0.25) is 9.69 Å². The number of aryl methyl sites for hydroxylation is 1. The second-order valence-electron chi connectivity index (χ2n) is 7.28. The van der Waals surface area contributed by atoms with Crippen LogP contribution in [0.2, 0.25) is 0 Å². The van der Waals surface area contributed by atoms with Gasteiger partial charge in [-0.1, -0.05) is 6.42 Å². The number of nitrogens with zero attached hydrogens (tertiary/aromatic N) is 5. The van der Waals surface area contributed by atoms with Crippen LogP contribution < -0.4 is 0 Å². The molecule has 3 heterocycles. The lowest BCUT2D eigenvalue weighted by Crippen LogP contribution is -2.48. The van der Waals surface area contributed by atoms with E-state index in [2.05, 4.69) is 31.3 Å². The van der Waals surface area contributed by atoms with Gasteiger partial charge in [-0.15, -0.1) is 0 Å². The van der Waals surface area contributed by atoms with Gasteiger partial charge in [0.2, 0.25) is 5.91 Å². The Bertz CT molecular complexity index is 535. The molecule has 0 bridgehead atoms. The van der Waals surface area contributed by atoms with Crippen molar-refractivity contribution in [2.45, 2.75) is 44.7 Å². The lowest BCUT2D eigenvalue weighted by atomic mass is 9.98. The molecule has 1 atom stereocenters. The predicted octanol–water partition coefficient (Wildman–Crippen LogP) is 1.33. The number of carbonyl (C=O) groups is 1. The molecule has 2 aliphatic heterocycles.